The molecule has 1 aromatic rings. The molecule has 0 radical (unpaired) electrons. The highest BCUT2D eigenvalue weighted by atomic mass is 19.3. The minimum atomic E-state index is -2.48. The molecular formula is C11H16F2N2O2. The second-order valence-electron chi connectivity index (χ2n) is 3.83. The SMILES string of the molecule is Cc1cc(CC(=O)CCOCC(F)F)n(C)n1. The molecule has 0 atom stereocenters. The number of alkyl halides is 2. The Balaban J connectivity index is 2.28. The van der Waals surface area contributed by atoms with Crippen LogP contribution in [0.5, 0.6) is 0 Å². The van der Waals surface area contributed by atoms with Gasteiger partial charge in [-0.05, 0) is 13.0 Å². The number of hydrogen-bond donors (Lipinski definition) is 0. The fourth-order valence-electron chi connectivity index (χ4n) is 1.48. The molecule has 0 N–H and O–H groups in total. The van der Waals surface area contributed by atoms with Gasteiger partial charge in [0, 0.05) is 25.6 Å². The lowest BCUT2D eigenvalue weighted by atomic mass is 10.1. The maximum atomic E-state index is 11.7. The number of Topliss-reactive ketones (excluding diaryl/α,β-unsaturated/α-hetero) is 1. The number of carbonyl (C=O) groups is 1. The van der Waals surface area contributed by atoms with Crippen LogP contribution in [0.25, 0.3) is 0 Å². The molecule has 96 valence electrons. The smallest absolute Gasteiger partial charge is 0.261 e. The van der Waals surface area contributed by atoms with Crippen molar-refractivity contribution in [2.75, 3.05) is 13.2 Å². The number of nitrogens with zero attached hydrogens (tertiary/aromatic N) is 2. The van der Waals surface area contributed by atoms with Crippen LogP contribution in [-0.4, -0.2) is 35.2 Å². The van der Waals surface area contributed by atoms with E-state index in [9.17, 15) is 13.6 Å². The zero-order chi connectivity index (χ0) is 12.8. The molecule has 6 heteroatoms. The standard InChI is InChI=1S/C11H16F2N2O2/c1-8-5-9(15(2)14-8)6-10(16)3-4-17-7-11(12)13/h5,11H,3-4,6-7H2,1-2H3. The van der Waals surface area contributed by atoms with Gasteiger partial charge in [-0.15, -0.1) is 0 Å². The van der Waals surface area contributed by atoms with Crippen LogP contribution in [0.2, 0.25) is 0 Å². The molecule has 0 saturated heterocycles. The first-order valence-electron chi connectivity index (χ1n) is 5.36. The number of aryl methyl sites for hydroxylation is 2. The van der Waals surface area contributed by atoms with Crippen LogP contribution in [0.1, 0.15) is 17.8 Å². The molecule has 4 nitrogen and oxygen atoms in total. The Morgan fingerprint density at radius 2 is 2.29 bits per heavy atom. The van der Waals surface area contributed by atoms with Gasteiger partial charge in [-0.3, -0.25) is 9.48 Å². The second-order valence-corrected chi connectivity index (χ2v) is 3.83. The first-order chi connectivity index (χ1) is 7.99. The Morgan fingerprint density at radius 3 is 2.82 bits per heavy atom. The minimum Gasteiger partial charge on any atom is -0.375 e. The average molecular weight is 246 g/mol. The zero-order valence-electron chi connectivity index (χ0n) is 9.95. The number of ketones is 1. The van der Waals surface area contributed by atoms with E-state index in [0.717, 1.165) is 11.4 Å². The van der Waals surface area contributed by atoms with E-state index in [1.165, 1.54) is 0 Å². The van der Waals surface area contributed by atoms with Crippen LogP contribution in [0, 0.1) is 6.92 Å². The van der Waals surface area contributed by atoms with E-state index in [1.54, 1.807) is 11.7 Å². The van der Waals surface area contributed by atoms with Gasteiger partial charge in [-0.1, -0.05) is 0 Å². The molecule has 0 saturated carbocycles. The largest absolute Gasteiger partial charge is 0.375 e. The second kappa shape index (κ2) is 6.44. The van der Waals surface area contributed by atoms with Gasteiger partial charge in [0.25, 0.3) is 6.43 Å². The number of rotatable bonds is 7. The van der Waals surface area contributed by atoms with Gasteiger partial charge in [0.15, 0.2) is 0 Å². The molecule has 0 bridgehead atoms. The molecule has 0 aromatic carbocycles. The summed E-state index contributed by atoms with van der Waals surface area (Å²) in [7, 11) is 1.77. The van der Waals surface area contributed by atoms with E-state index in [1.807, 2.05) is 13.0 Å². The summed E-state index contributed by atoms with van der Waals surface area (Å²) in [5.41, 5.74) is 1.67. The molecule has 0 fully saturated rings. The number of aromatic nitrogens is 2. The highest BCUT2D eigenvalue weighted by Gasteiger charge is 2.09. The van der Waals surface area contributed by atoms with Gasteiger partial charge >= 0.3 is 0 Å². The minimum absolute atomic E-state index is 0.0396. The topological polar surface area (TPSA) is 44.1 Å². The van der Waals surface area contributed by atoms with Crippen molar-refractivity contribution in [3.05, 3.63) is 17.5 Å². The predicted octanol–water partition coefficient (Wildman–Crippen LogP) is 1.51. The third kappa shape index (κ3) is 5.04. The summed E-state index contributed by atoms with van der Waals surface area (Å²) in [6, 6.07) is 1.83. The van der Waals surface area contributed by atoms with Crippen LogP contribution in [0.15, 0.2) is 6.07 Å². The maximum absolute atomic E-state index is 11.7. The monoisotopic (exact) mass is 246 g/mol. The molecule has 0 spiro atoms. The van der Waals surface area contributed by atoms with Gasteiger partial charge in [0.05, 0.1) is 12.3 Å². The fourth-order valence-corrected chi connectivity index (χ4v) is 1.48. The van der Waals surface area contributed by atoms with E-state index >= 15 is 0 Å². The highest BCUT2D eigenvalue weighted by molar-refractivity contribution is 5.80. The van der Waals surface area contributed by atoms with Crippen molar-refractivity contribution in [2.24, 2.45) is 7.05 Å². The molecule has 0 amide bonds. The van der Waals surface area contributed by atoms with E-state index in [4.69, 9.17) is 0 Å². The van der Waals surface area contributed by atoms with Crippen LogP contribution < -0.4 is 0 Å². The van der Waals surface area contributed by atoms with Crippen LogP contribution in [0.4, 0.5) is 8.78 Å². The van der Waals surface area contributed by atoms with Gasteiger partial charge in [0.2, 0.25) is 0 Å². The van der Waals surface area contributed by atoms with E-state index < -0.39 is 13.0 Å². The summed E-state index contributed by atoms with van der Waals surface area (Å²) in [4.78, 5) is 11.5. The zero-order valence-corrected chi connectivity index (χ0v) is 9.95. The third-order valence-corrected chi connectivity index (χ3v) is 2.25. The number of halogens is 2. The molecule has 0 aliphatic heterocycles. The van der Waals surface area contributed by atoms with Gasteiger partial charge in [-0.2, -0.15) is 5.10 Å². The van der Waals surface area contributed by atoms with Crippen molar-refractivity contribution in [1.29, 1.82) is 0 Å². The van der Waals surface area contributed by atoms with Crippen molar-refractivity contribution in [3.63, 3.8) is 0 Å². The lowest BCUT2D eigenvalue weighted by Gasteiger charge is -2.03. The number of ether oxygens (including phenoxy) is 1. The van der Waals surface area contributed by atoms with E-state index in [0.29, 0.717) is 0 Å². The summed E-state index contributed by atoms with van der Waals surface area (Å²) >= 11 is 0. The Labute approximate surface area is 98.6 Å². The van der Waals surface area contributed by atoms with Crippen molar-refractivity contribution in [3.8, 4) is 0 Å². The van der Waals surface area contributed by atoms with Crippen LogP contribution in [-0.2, 0) is 23.0 Å². The number of hydrogen-bond acceptors (Lipinski definition) is 3. The fraction of sp³-hybridized carbons (Fsp3) is 0.636. The summed E-state index contributed by atoms with van der Waals surface area (Å²) in [6.07, 6.45) is -2.07. The Bertz CT molecular complexity index is 378. The Hall–Kier alpha value is -1.30. The lowest BCUT2D eigenvalue weighted by Crippen LogP contribution is -2.12. The predicted molar refractivity (Wildman–Crippen MR) is 58.1 cm³/mol. The molecule has 1 heterocycles. The van der Waals surface area contributed by atoms with E-state index in [2.05, 4.69) is 9.84 Å². The van der Waals surface area contributed by atoms with Crippen molar-refractivity contribution < 1.29 is 18.3 Å². The summed E-state index contributed by atoms with van der Waals surface area (Å²) in [5.74, 6) is -0.0396. The first-order valence-corrected chi connectivity index (χ1v) is 5.36. The summed E-state index contributed by atoms with van der Waals surface area (Å²) < 4.78 is 29.8. The van der Waals surface area contributed by atoms with Gasteiger partial charge < -0.3 is 4.74 Å². The van der Waals surface area contributed by atoms with Crippen LogP contribution >= 0.6 is 0 Å². The molecule has 1 aromatic heterocycles. The van der Waals surface area contributed by atoms with Crippen molar-refractivity contribution >= 4 is 5.78 Å². The normalized spacial score (nSPS) is 11.1. The van der Waals surface area contributed by atoms with Crippen LogP contribution in [0.3, 0.4) is 0 Å². The molecule has 17 heavy (non-hydrogen) atoms. The quantitative estimate of drug-likeness (QED) is 0.685. The first kappa shape index (κ1) is 13.8. The highest BCUT2D eigenvalue weighted by Crippen LogP contribution is 2.04. The lowest BCUT2D eigenvalue weighted by molar-refractivity contribution is -0.120. The van der Waals surface area contributed by atoms with Crippen molar-refractivity contribution in [2.45, 2.75) is 26.2 Å². The maximum Gasteiger partial charge on any atom is 0.261 e. The van der Waals surface area contributed by atoms with Gasteiger partial charge in [0.1, 0.15) is 12.4 Å². The van der Waals surface area contributed by atoms with Gasteiger partial charge in [-0.25, -0.2) is 8.78 Å². The molecular weight excluding hydrogens is 230 g/mol. The van der Waals surface area contributed by atoms with E-state index in [-0.39, 0.29) is 25.2 Å². The molecule has 0 aliphatic rings. The van der Waals surface area contributed by atoms with Crippen molar-refractivity contribution in [1.82, 2.24) is 9.78 Å². The summed E-state index contributed by atoms with van der Waals surface area (Å²) in [5, 5.41) is 4.12. The molecule has 1 rings (SSSR count). The number of carbonyl (C=O) groups excluding carboxylic acids is 1. The molecule has 0 unspecified atom stereocenters. The average Bonchev–Trinajstić information content (AvgIpc) is 2.52. The Kier molecular flexibility index (Phi) is 5.21. The Morgan fingerprint density at radius 1 is 1.59 bits per heavy atom. The summed E-state index contributed by atoms with van der Waals surface area (Å²) in [6.45, 7) is 1.28. The third-order valence-electron chi connectivity index (χ3n) is 2.25. The molecule has 0 aliphatic carbocycles.